The summed E-state index contributed by atoms with van der Waals surface area (Å²) in [6, 6.07) is 13.5. The molecule has 0 aliphatic carbocycles. The zero-order valence-electron chi connectivity index (χ0n) is 14.1. The Labute approximate surface area is 157 Å². The summed E-state index contributed by atoms with van der Waals surface area (Å²) in [7, 11) is 0. The molecule has 1 heterocycles. The highest BCUT2D eigenvalue weighted by atomic mass is 79.9. The fourth-order valence-electron chi connectivity index (χ4n) is 2.72. The number of hydrogen-bond acceptors (Lipinski definition) is 3. The highest BCUT2D eigenvalue weighted by Crippen LogP contribution is 2.38. The number of nitrogens with zero attached hydrogens (tertiary/aromatic N) is 4. The lowest BCUT2D eigenvalue weighted by atomic mass is 9.95. The summed E-state index contributed by atoms with van der Waals surface area (Å²) in [5.74, 6) is -0.0450. The van der Waals surface area contributed by atoms with E-state index in [9.17, 15) is 13.2 Å². The predicted molar refractivity (Wildman–Crippen MR) is 95.8 cm³/mol. The summed E-state index contributed by atoms with van der Waals surface area (Å²) in [6.45, 7) is 3.77. The van der Waals surface area contributed by atoms with Gasteiger partial charge in [0.1, 0.15) is 5.54 Å². The maximum atomic E-state index is 13.5. The normalized spacial score (nSPS) is 12.4. The summed E-state index contributed by atoms with van der Waals surface area (Å²) in [5, 5.41) is 12.5. The molecule has 8 heteroatoms. The summed E-state index contributed by atoms with van der Waals surface area (Å²) in [5.41, 5.74) is -0.0991. The molecule has 0 fully saturated rings. The van der Waals surface area contributed by atoms with E-state index in [-0.39, 0.29) is 16.7 Å². The lowest BCUT2D eigenvalue weighted by molar-refractivity contribution is -0.137. The number of halogens is 4. The Balaban J connectivity index is 2.12. The second-order valence-electron chi connectivity index (χ2n) is 6.30. The summed E-state index contributed by atoms with van der Waals surface area (Å²) in [4.78, 5) is 1.35. The van der Waals surface area contributed by atoms with Crippen molar-refractivity contribution < 1.29 is 13.2 Å². The van der Waals surface area contributed by atoms with Crippen LogP contribution in [-0.4, -0.2) is 20.2 Å². The molecule has 0 bridgehead atoms. The van der Waals surface area contributed by atoms with Gasteiger partial charge in [-0.15, -0.1) is 10.2 Å². The summed E-state index contributed by atoms with van der Waals surface area (Å²) >= 11 is 3.24. The Kier molecular flexibility index (Phi) is 4.88. The maximum absolute atomic E-state index is 13.5. The van der Waals surface area contributed by atoms with Crippen LogP contribution in [0.5, 0.6) is 0 Å². The predicted octanol–water partition coefficient (Wildman–Crippen LogP) is 5.04. The van der Waals surface area contributed by atoms with Crippen molar-refractivity contribution in [3.05, 3.63) is 65.2 Å². The van der Waals surface area contributed by atoms with Crippen LogP contribution in [0.3, 0.4) is 0 Å². The van der Waals surface area contributed by atoms with E-state index in [0.29, 0.717) is 5.56 Å². The van der Waals surface area contributed by atoms with Crippen molar-refractivity contribution in [3.8, 4) is 11.4 Å². The van der Waals surface area contributed by atoms with Gasteiger partial charge in [-0.2, -0.15) is 18.0 Å². The molecule has 26 heavy (non-hydrogen) atoms. The molecule has 0 N–H and O–H groups in total. The molecule has 0 radical (unpaired) electrons. The van der Waals surface area contributed by atoms with E-state index < -0.39 is 17.3 Å². The zero-order chi connectivity index (χ0) is 18.9. The van der Waals surface area contributed by atoms with Gasteiger partial charge in [-0.1, -0.05) is 58.4 Å². The first-order valence-corrected chi connectivity index (χ1v) is 8.98. The van der Waals surface area contributed by atoms with Gasteiger partial charge in [-0.05, 0) is 36.3 Å². The molecule has 0 aliphatic rings. The van der Waals surface area contributed by atoms with Crippen molar-refractivity contribution in [1.82, 2.24) is 20.2 Å². The fraction of sp³-hybridized carbons (Fsp3) is 0.278. The van der Waals surface area contributed by atoms with Crippen LogP contribution < -0.4 is 0 Å². The standard InChI is InChI=1S/C18H16BrF3N4/c1-17(2,13-8-4-3-5-9-13)26-24-16(23-25-26)15-12(11-19)7-6-10-14(15)18(20,21)22/h3-10H,11H2,1-2H3. The van der Waals surface area contributed by atoms with Crippen LogP contribution in [0, 0.1) is 0 Å². The number of benzene rings is 2. The minimum absolute atomic E-state index is 0.0450. The van der Waals surface area contributed by atoms with Gasteiger partial charge < -0.3 is 0 Å². The van der Waals surface area contributed by atoms with Crippen LogP contribution in [-0.2, 0) is 17.0 Å². The SMILES string of the molecule is CC(C)(c1ccccc1)n1nnc(-c2c(CBr)cccc2C(F)(F)F)n1. The Morgan fingerprint density at radius 1 is 1.00 bits per heavy atom. The van der Waals surface area contributed by atoms with Crippen LogP contribution >= 0.6 is 15.9 Å². The smallest absolute Gasteiger partial charge is 0.166 e. The molecule has 0 atom stereocenters. The van der Waals surface area contributed by atoms with Gasteiger partial charge in [-0.3, -0.25) is 0 Å². The van der Waals surface area contributed by atoms with Crippen LogP contribution in [0.4, 0.5) is 13.2 Å². The van der Waals surface area contributed by atoms with Gasteiger partial charge in [0.25, 0.3) is 0 Å². The lowest BCUT2D eigenvalue weighted by Gasteiger charge is -2.23. The molecule has 0 saturated carbocycles. The Hall–Kier alpha value is -2.22. The molecule has 0 unspecified atom stereocenters. The van der Waals surface area contributed by atoms with Gasteiger partial charge in [0.2, 0.25) is 5.82 Å². The van der Waals surface area contributed by atoms with E-state index >= 15 is 0 Å². The van der Waals surface area contributed by atoms with Crippen molar-refractivity contribution in [1.29, 1.82) is 0 Å². The van der Waals surface area contributed by atoms with Crippen LogP contribution in [0.25, 0.3) is 11.4 Å². The third kappa shape index (κ3) is 3.38. The molecular weight excluding hydrogens is 409 g/mol. The van der Waals surface area contributed by atoms with Crippen molar-refractivity contribution in [2.75, 3.05) is 0 Å². The number of hydrogen-bond donors (Lipinski definition) is 0. The summed E-state index contributed by atoms with van der Waals surface area (Å²) < 4.78 is 40.4. The van der Waals surface area contributed by atoms with Crippen LogP contribution in [0.15, 0.2) is 48.5 Å². The van der Waals surface area contributed by atoms with E-state index in [4.69, 9.17) is 0 Å². The first-order chi connectivity index (χ1) is 12.2. The van der Waals surface area contributed by atoms with E-state index in [1.54, 1.807) is 6.07 Å². The van der Waals surface area contributed by atoms with Gasteiger partial charge >= 0.3 is 6.18 Å². The number of alkyl halides is 4. The first-order valence-electron chi connectivity index (χ1n) is 7.86. The number of rotatable bonds is 4. The average molecular weight is 425 g/mol. The van der Waals surface area contributed by atoms with Crippen molar-refractivity contribution in [3.63, 3.8) is 0 Å². The van der Waals surface area contributed by atoms with E-state index in [2.05, 4.69) is 31.3 Å². The van der Waals surface area contributed by atoms with Crippen LogP contribution in [0.2, 0.25) is 0 Å². The van der Waals surface area contributed by atoms with Gasteiger partial charge in [0.15, 0.2) is 0 Å². The second kappa shape index (κ2) is 6.83. The Morgan fingerprint density at radius 2 is 1.69 bits per heavy atom. The quantitative estimate of drug-likeness (QED) is 0.551. The van der Waals surface area contributed by atoms with E-state index in [1.165, 1.54) is 10.9 Å². The molecule has 0 spiro atoms. The Morgan fingerprint density at radius 3 is 2.31 bits per heavy atom. The minimum atomic E-state index is -4.51. The van der Waals surface area contributed by atoms with E-state index in [1.807, 2.05) is 44.2 Å². The minimum Gasteiger partial charge on any atom is -0.166 e. The van der Waals surface area contributed by atoms with Crippen LogP contribution in [0.1, 0.15) is 30.5 Å². The number of aromatic nitrogens is 4. The van der Waals surface area contributed by atoms with Gasteiger partial charge in [-0.25, -0.2) is 0 Å². The lowest BCUT2D eigenvalue weighted by Crippen LogP contribution is -2.30. The zero-order valence-corrected chi connectivity index (χ0v) is 15.7. The fourth-order valence-corrected chi connectivity index (χ4v) is 3.19. The maximum Gasteiger partial charge on any atom is 0.417 e. The molecule has 3 aromatic rings. The molecule has 2 aromatic carbocycles. The third-order valence-electron chi connectivity index (χ3n) is 4.22. The topological polar surface area (TPSA) is 43.6 Å². The highest BCUT2D eigenvalue weighted by molar-refractivity contribution is 9.08. The molecular formula is C18H16BrF3N4. The van der Waals surface area contributed by atoms with Crippen molar-refractivity contribution in [2.24, 2.45) is 0 Å². The molecule has 0 saturated heterocycles. The van der Waals surface area contributed by atoms with Crippen molar-refractivity contribution in [2.45, 2.75) is 30.9 Å². The molecule has 0 amide bonds. The second-order valence-corrected chi connectivity index (χ2v) is 6.86. The van der Waals surface area contributed by atoms with Gasteiger partial charge in [0.05, 0.1) is 5.56 Å². The third-order valence-corrected chi connectivity index (χ3v) is 4.82. The van der Waals surface area contributed by atoms with E-state index in [0.717, 1.165) is 11.6 Å². The highest BCUT2D eigenvalue weighted by Gasteiger charge is 2.36. The number of tetrazole rings is 1. The summed E-state index contributed by atoms with van der Waals surface area (Å²) in [6.07, 6.45) is -4.51. The average Bonchev–Trinajstić information content (AvgIpc) is 3.11. The van der Waals surface area contributed by atoms with Crippen molar-refractivity contribution >= 4 is 15.9 Å². The molecule has 4 nitrogen and oxygen atoms in total. The first kappa shape index (κ1) is 18.6. The Bertz CT molecular complexity index is 904. The molecule has 1 aromatic heterocycles. The molecule has 136 valence electrons. The monoisotopic (exact) mass is 424 g/mol. The molecule has 3 rings (SSSR count). The largest absolute Gasteiger partial charge is 0.417 e. The van der Waals surface area contributed by atoms with Gasteiger partial charge in [0, 0.05) is 10.9 Å². The molecule has 0 aliphatic heterocycles.